The molecule has 146 valence electrons. The zero-order valence-corrected chi connectivity index (χ0v) is 17.2. The topological polar surface area (TPSA) is 61.4 Å². The summed E-state index contributed by atoms with van der Waals surface area (Å²) >= 11 is 0. The number of rotatable bonds is 9. The van der Waals surface area contributed by atoms with Crippen molar-refractivity contribution in [3.05, 3.63) is 23.8 Å². The highest BCUT2D eigenvalue weighted by atomic mass is 16.2. The fourth-order valence-corrected chi connectivity index (χ4v) is 2.42. The third kappa shape index (κ3) is 7.89. The molecule has 0 saturated heterocycles. The lowest BCUT2D eigenvalue weighted by Crippen LogP contribution is -2.37. The van der Waals surface area contributed by atoms with Gasteiger partial charge in [-0.1, -0.05) is 40.7 Å². The number of anilines is 2. The van der Waals surface area contributed by atoms with Crippen LogP contribution in [0.1, 0.15) is 59.4 Å². The molecule has 0 heterocycles. The van der Waals surface area contributed by atoms with Gasteiger partial charge in [0.2, 0.25) is 5.91 Å². The maximum absolute atomic E-state index is 12.8. The van der Waals surface area contributed by atoms with E-state index < -0.39 is 0 Å². The average molecular weight is 362 g/mol. The predicted molar refractivity (Wildman–Crippen MR) is 110 cm³/mol. The third-order valence-corrected chi connectivity index (χ3v) is 4.32. The van der Waals surface area contributed by atoms with E-state index in [2.05, 4.69) is 38.3 Å². The molecule has 0 aliphatic heterocycles. The smallest absolute Gasteiger partial charge is 0.321 e. The first-order chi connectivity index (χ1) is 12.2. The number of amides is 3. The molecule has 0 fully saturated rings. The Morgan fingerprint density at radius 1 is 1.00 bits per heavy atom. The van der Waals surface area contributed by atoms with Gasteiger partial charge in [-0.25, -0.2) is 4.79 Å². The van der Waals surface area contributed by atoms with Gasteiger partial charge in [0.05, 0.1) is 0 Å². The summed E-state index contributed by atoms with van der Waals surface area (Å²) in [6.45, 7) is 13.9. The highest BCUT2D eigenvalue weighted by molar-refractivity contribution is 5.94. The van der Waals surface area contributed by atoms with Crippen LogP contribution in [0.4, 0.5) is 16.2 Å². The van der Waals surface area contributed by atoms with Crippen LogP contribution in [0.15, 0.2) is 18.2 Å². The van der Waals surface area contributed by atoms with Crippen molar-refractivity contribution in [1.82, 2.24) is 4.90 Å². The van der Waals surface area contributed by atoms with Gasteiger partial charge < -0.3 is 15.5 Å². The average Bonchev–Trinajstić information content (AvgIpc) is 2.57. The highest BCUT2D eigenvalue weighted by Gasteiger charge is 2.16. The van der Waals surface area contributed by atoms with Crippen LogP contribution in [0.3, 0.4) is 0 Å². The van der Waals surface area contributed by atoms with E-state index >= 15 is 0 Å². The van der Waals surface area contributed by atoms with Crippen molar-refractivity contribution in [2.24, 2.45) is 11.8 Å². The summed E-state index contributed by atoms with van der Waals surface area (Å²) in [5, 5.41) is 5.86. The first-order valence-corrected chi connectivity index (χ1v) is 9.69. The summed E-state index contributed by atoms with van der Waals surface area (Å²) in [5.41, 5.74) is 2.41. The van der Waals surface area contributed by atoms with Gasteiger partial charge in [-0.3, -0.25) is 4.79 Å². The number of urea groups is 1. The normalized spacial score (nSPS) is 10.9. The van der Waals surface area contributed by atoms with E-state index in [-0.39, 0.29) is 11.9 Å². The zero-order valence-electron chi connectivity index (χ0n) is 17.2. The fraction of sp³-hybridized carbons (Fsp3) is 0.619. The third-order valence-electron chi connectivity index (χ3n) is 4.32. The van der Waals surface area contributed by atoms with Crippen LogP contribution >= 0.6 is 0 Å². The Balaban J connectivity index is 2.85. The molecule has 5 heteroatoms. The van der Waals surface area contributed by atoms with Crippen LogP contribution in [-0.4, -0.2) is 29.9 Å². The number of aryl methyl sites for hydroxylation is 1. The van der Waals surface area contributed by atoms with Crippen LogP contribution < -0.4 is 10.6 Å². The number of hydrogen-bond donors (Lipinski definition) is 2. The van der Waals surface area contributed by atoms with Crippen LogP contribution in [0.5, 0.6) is 0 Å². The SMILES string of the molecule is CCC(=O)Nc1ccc(C)c(NC(=O)N(CCC(C)C)CCC(C)C)c1. The number of benzene rings is 1. The predicted octanol–water partition coefficient (Wildman–Crippen LogP) is 5.27. The second kappa shape index (κ2) is 10.8. The molecule has 3 amide bonds. The van der Waals surface area contributed by atoms with E-state index in [4.69, 9.17) is 0 Å². The molecule has 0 bridgehead atoms. The van der Waals surface area contributed by atoms with Crippen molar-refractivity contribution in [2.75, 3.05) is 23.7 Å². The Bertz CT molecular complexity index is 585. The molecule has 2 N–H and O–H groups in total. The summed E-state index contributed by atoms with van der Waals surface area (Å²) < 4.78 is 0. The quantitative estimate of drug-likeness (QED) is 0.629. The minimum atomic E-state index is -0.0756. The van der Waals surface area contributed by atoms with E-state index in [0.29, 0.717) is 23.9 Å². The molecule has 0 unspecified atom stereocenters. The maximum atomic E-state index is 12.8. The minimum absolute atomic E-state index is 0.0402. The van der Waals surface area contributed by atoms with Gasteiger partial charge in [0.15, 0.2) is 0 Å². The molecular formula is C21H35N3O2. The molecule has 1 aromatic carbocycles. The molecule has 0 atom stereocenters. The largest absolute Gasteiger partial charge is 0.326 e. The van der Waals surface area contributed by atoms with Gasteiger partial charge in [0.25, 0.3) is 0 Å². The summed E-state index contributed by atoms with van der Waals surface area (Å²) in [4.78, 5) is 26.3. The van der Waals surface area contributed by atoms with Crippen molar-refractivity contribution in [2.45, 2.75) is 60.8 Å². The van der Waals surface area contributed by atoms with Crippen molar-refractivity contribution in [1.29, 1.82) is 0 Å². The van der Waals surface area contributed by atoms with Gasteiger partial charge in [0.1, 0.15) is 0 Å². The Hall–Kier alpha value is -2.04. The van der Waals surface area contributed by atoms with Crippen LogP contribution in [0.25, 0.3) is 0 Å². The van der Waals surface area contributed by atoms with Gasteiger partial charge in [-0.15, -0.1) is 0 Å². The van der Waals surface area contributed by atoms with E-state index in [9.17, 15) is 9.59 Å². The first kappa shape index (κ1) is 22.0. The molecule has 0 aromatic heterocycles. The molecule has 26 heavy (non-hydrogen) atoms. The van der Waals surface area contributed by atoms with E-state index in [0.717, 1.165) is 37.2 Å². The summed E-state index contributed by atoms with van der Waals surface area (Å²) in [5.74, 6) is 1.07. The first-order valence-electron chi connectivity index (χ1n) is 9.69. The van der Waals surface area contributed by atoms with Gasteiger partial charge in [0, 0.05) is 30.9 Å². The number of nitrogens with one attached hydrogen (secondary N) is 2. The Labute approximate surface area is 158 Å². The lowest BCUT2D eigenvalue weighted by molar-refractivity contribution is -0.115. The van der Waals surface area contributed by atoms with Gasteiger partial charge in [-0.05, 0) is 49.3 Å². The van der Waals surface area contributed by atoms with Crippen molar-refractivity contribution in [3.63, 3.8) is 0 Å². The van der Waals surface area contributed by atoms with Crippen LogP contribution in [-0.2, 0) is 4.79 Å². The molecule has 0 aliphatic carbocycles. The molecule has 0 aliphatic rings. The summed E-state index contributed by atoms with van der Waals surface area (Å²) in [7, 11) is 0. The Kier molecular flexibility index (Phi) is 9.17. The monoisotopic (exact) mass is 361 g/mol. The highest BCUT2D eigenvalue weighted by Crippen LogP contribution is 2.21. The van der Waals surface area contributed by atoms with E-state index in [1.54, 1.807) is 0 Å². The summed E-state index contributed by atoms with van der Waals surface area (Å²) in [6.07, 6.45) is 2.39. The van der Waals surface area contributed by atoms with Crippen molar-refractivity contribution < 1.29 is 9.59 Å². The molecule has 1 rings (SSSR count). The van der Waals surface area contributed by atoms with Crippen molar-refractivity contribution in [3.8, 4) is 0 Å². The van der Waals surface area contributed by atoms with Crippen LogP contribution in [0.2, 0.25) is 0 Å². The number of carbonyl (C=O) groups excluding carboxylic acids is 2. The van der Waals surface area contributed by atoms with Gasteiger partial charge in [-0.2, -0.15) is 0 Å². The van der Waals surface area contributed by atoms with Gasteiger partial charge >= 0.3 is 6.03 Å². The second-order valence-corrected chi connectivity index (χ2v) is 7.71. The fourth-order valence-electron chi connectivity index (χ4n) is 2.42. The maximum Gasteiger partial charge on any atom is 0.321 e. The molecule has 0 saturated carbocycles. The zero-order chi connectivity index (χ0) is 19.7. The second-order valence-electron chi connectivity index (χ2n) is 7.71. The van der Waals surface area contributed by atoms with Crippen molar-refractivity contribution >= 4 is 23.3 Å². The summed E-state index contributed by atoms with van der Waals surface area (Å²) in [6, 6.07) is 5.51. The molecule has 1 aromatic rings. The van der Waals surface area contributed by atoms with E-state index in [1.165, 1.54) is 0 Å². The lowest BCUT2D eigenvalue weighted by atomic mass is 10.1. The molecule has 5 nitrogen and oxygen atoms in total. The molecular weight excluding hydrogens is 326 g/mol. The Morgan fingerprint density at radius 2 is 1.58 bits per heavy atom. The van der Waals surface area contributed by atoms with E-state index in [1.807, 2.05) is 36.9 Å². The number of carbonyl (C=O) groups is 2. The van der Waals surface area contributed by atoms with Crippen LogP contribution in [0, 0.1) is 18.8 Å². The lowest BCUT2D eigenvalue weighted by Gasteiger charge is -2.25. The molecule has 0 radical (unpaired) electrons. The molecule has 0 spiro atoms. The minimum Gasteiger partial charge on any atom is -0.326 e. The number of nitrogens with zero attached hydrogens (tertiary/aromatic N) is 1. The standard InChI is InChI=1S/C21H35N3O2/c1-7-20(25)22-18-9-8-17(6)19(14-18)23-21(26)24(12-10-15(2)3)13-11-16(4)5/h8-9,14-16H,7,10-13H2,1-6H3,(H,22,25)(H,23,26). The number of hydrogen-bond acceptors (Lipinski definition) is 2. The Morgan fingerprint density at radius 3 is 2.08 bits per heavy atom.